The van der Waals surface area contributed by atoms with Crippen LogP contribution in [-0.4, -0.2) is 36.3 Å². The second-order valence-electron chi connectivity index (χ2n) is 5.93. The maximum absolute atomic E-state index is 12.5. The molecule has 3 aromatic rings. The van der Waals surface area contributed by atoms with Crippen LogP contribution < -0.4 is 5.32 Å². The van der Waals surface area contributed by atoms with Crippen molar-refractivity contribution in [2.24, 2.45) is 0 Å². The first-order chi connectivity index (χ1) is 11.3. The van der Waals surface area contributed by atoms with Crippen molar-refractivity contribution in [1.29, 1.82) is 0 Å². The minimum atomic E-state index is -0.0662. The molecule has 1 aliphatic rings. The number of carbonyl (C=O) groups is 1. The van der Waals surface area contributed by atoms with Crippen molar-refractivity contribution in [1.82, 2.24) is 29.7 Å². The van der Waals surface area contributed by atoms with Crippen LogP contribution in [0.3, 0.4) is 0 Å². The summed E-state index contributed by atoms with van der Waals surface area (Å²) in [6, 6.07) is 8.10. The summed E-state index contributed by atoms with van der Waals surface area (Å²) >= 11 is 0. The number of aromatic nitrogens is 5. The lowest BCUT2D eigenvalue weighted by Gasteiger charge is -2.29. The van der Waals surface area contributed by atoms with Gasteiger partial charge in [-0.1, -0.05) is 6.07 Å². The van der Waals surface area contributed by atoms with Crippen LogP contribution in [0.4, 0.5) is 0 Å². The van der Waals surface area contributed by atoms with E-state index < -0.39 is 0 Å². The third-order valence-corrected chi connectivity index (χ3v) is 4.50. The van der Waals surface area contributed by atoms with Crippen molar-refractivity contribution < 1.29 is 4.79 Å². The lowest BCUT2D eigenvalue weighted by Crippen LogP contribution is -2.38. The van der Waals surface area contributed by atoms with E-state index in [0.29, 0.717) is 11.7 Å². The van der Waals surface area contributed by atoms with E-state index in [2.05, 4.69) is 20.5 Å². The Kier molecular flexibility index (Phi) is 3.53. The monoisotopic (exact) mass is 310 g/mol. The summed E-state index contributed by atoms with van der Waals surface area (Å²) in [4.78, 5) is 16.5. The molecule has 0 atom stereocenters. The Morgan fingerprint density at radius 3 is 2.78 bits per heavy atom. The molecule has 7 nitrogen and oxygen atoms in total. The molecule has 1 N–H and O–H groups in total. The van der Waals surface area contributed by atoms with Crippen molar-refractivity contribution in [3.63, 3.8) is 0 Å². The van der Waals surface area contributed by atoms with Gasteiger partial charge in [-0.15, -0.1) is 0 Å². The van der Waals surface area contributed by atoms with E-state index in [1.165, 1.54) is 0 Å². The number of carbonyl (C=O) groups excluding carboxylic acids is 1. The van der Waals surface area contributed by atoms with Crippen molar-refractivity contribution in [3.05, 3.63) is 48.8 Å². The van der Waals surface area contributed by atoms with Gasteiger partial charge >= 0.3 is 0 Å². The third kappa shape index (κ3) is 2.69. The largest absolute Gasteiger partial charge is 0.348 e. The Morgan fingerprint density at radius 1 is 1.13 bits per heavy atom. The molecule has 118 valence electrons. The third-order valence-electron chi connectivity index (χ3n) is 4.50. The lowest BCUT2D eigenvalue weighted by atomic mass is 9.91. The summed E-state index contributed by atoms with van der Waals surface area (Å²) < 4.78 is 3.60. The summed E-state index contributed by atoms with van der Waals surface area (Å²) in [6.07, 6.45) is 8.94. The number of rotatable bonds is 3. The van der Waals surface area contributed by atoms with Crippen LogP contribution in [0.25, 0.3) is 5.52 Å². The zero-order chi connectivity index (χ0) is 15.6. The molecule has 0 bridgehead atoms. The summed E-state index contributed by atoms with van der Waals surface area (Å²) in [6.45, 7) is 0. The SMILES string of the molecule is O=C(NC1CCC(n2cncn2)CC1)c1cccc2ccnn12. The molecule has 0 aliphatic heterocycles. The van der Waals surface area contributed by atoms with Crippen molar-refractivity contribution in [2.45, 2.75) is 37.8 Å². The Bertz CT molecular complexity index is 801. The second kappa shape index (κ2) is 5.83. The van der Waals surface area contributed by atoms with Gasteiger partial charge in [0.25, 0.3) is 5.91 Å². The van der Waals surface area contributed by atoms with Crippen molar-refractivity contribution in [2.75, 3.05) is 0 Å². The van der Waals surface area contributed by atoms with Gasteiger partial charge in [0, 0.05) is 6.04 Å². The van der Waals surface area contributed by atoms with Gasteiger partial charge in [0.2, 0.25) is 0 Å². The fourth-order valence-corrected chi connectivity index (χ4v) is 3.27. The Balaban J connectivity index is 1.41. The van der Waals surface area contributed by atoms with Gasteiger partial charge in [-0.2, -0.15) is 10.2 Å². The van der Waals surface area contributed by atoms with E-state index >= 15 is 0 Å². The highest BCUT2D eigenvalue weighted by molar-refractivity contribution is 5.93. The molecule has 3 heterocycles. The molecule has 0 aromatic carbocycles. The highest BCUT2D eigenvalue weighted by Gasteiger charge is 2.24. The molecule has 4 rings (SSSR count). The maximum atomic E-state index is 12.5. The van der Waals surface area contributed by atoms with Crippen LogP contribution in [0.15, 0.2) is 43.1 Å². The van der Waals surface area contributed by atoms with Gasteiger partial charge in [-0.05, 0) is 43.9 Å². The quantitative estimate of drug-likeness (QED) is 0.801. The van der Waals surface area contributed by atoms with E-state index in [0.717, 1.165) is 31.2 Å². The Labute approximate surface area is 133 Å². The zero-order valence-electron chi connectivity index (χ0n) is 12.7. The molecule has 0 radical (unpaired) electrons. The minimum Gasteiger partial charge on any atom is -0.348 e. The smallest absolute Gasteiger partial charge is 0.270 e. The molecule has 1 fully saturated rings. The van der Waals surface area contributed by atoms with Gasteiger partial charge in [-0.3, -0.25) is 4.79 Å². The van der Waals surface area contributed by atoms with Crippen molar-refractivity contribution >= 4 is 11.4 Å². The predicted octanol–water partition coefficient (Wildman–Crippen LogP) is 1.84. The van der Waals surface area contributed by atoms with E-state index in [4.69, 9.17) is 0 Å². The average molecular weight is 310 g/mol. The topological polar surface area (TPSA) is 77.1 Å². The first kappa shape index (κ1) is 13.9. The first-order valence-corrected chi connectivity index (χ1v) is 7.89. The second-order valence-corrected chi connectivity index (χ2v) is 5.93. The summed E-state index contributed by atoms with van der Waals surface area (Å²) in [5, 5.41) is 11.6. The molecule has 0 saturated heterocycles. The average Bonchev–Trinajstić information content (AvgIpc) is 3.26. The molecule has 0 unspecified atom stereocenters. The summed E-state index contributed by atoms with van der Waals surface area (Å²) in [7, 11) is 0. The van der Waals surface area contributed by atoms with Crippen LogP contribution >= 0.6 is 0 Å². The standard InChI is InChI=1S/C16H18N6O/c23-16(15-3-1-2-14-8-9-18-22(14)15)20-12-4-6-13(7-5-12)21-11-17-10-19-21/h1-3,8-13H,4-7H2,(H,20,23). The molecular formula is C16H18N6O. The molecule has 0 spiro atoms. The van der Waals surface area contributed by atoms with Crippen molar-refractivity contribution in [3.8, 4) is 0 Å². The molecule has 1 saturated carbocycles. The van der Waals surface area contributed by atoms with Gasteiger partial charge < -0.3 is 5.32 Å². The van der Waals surface area contributed by atoms with E-state index in [9.17, 15) is 4.79 Å². The highest BCUT2D eigenvalue weighted by Crippen LogP contribution is 2.27. The molecule has 7 heteroatoms. The lowest BCUT2D eigenvalue weighted by molar-refractivity contribution is 0.0914. The number of nitrogens with one attached hydrogen (secondary N) is 1. The minimum absolute atomic E-state index is 0.0662. The molecule has 3 aromatic heterocycles. The van der Waals surface area contributed by atoms with E-state index in [1.54, 1.807) is 29.4 Å². The Morgan fingerprint density at radius 2 is 2.00 bits per heavy atom. The number of hydrogen-bond donors (Lipinski definition) is 1. The van der Waals surface area contributed by atoms with E-state index in [-0.39, 0.29) is 11.9 Å². The molecule has 1 amide bonds. The van der Waals surface area contributed by atoms with Gasteiger partial charge in [0.1, 0.15) is 18.3 Å². The fourth-order valence-electron chi connectivity index (χ4n) is 3.27. The van der Waals surface area contributed by atoms with Gasteiger partial charge in [0.05, 0.1) is 17.8 Å². The normalized spacial score (nSPS) is 21.4. The van der Waals surface area contributed by atoms with Crippen LogP contribution in [0.1, 0.15) is 42.2 Å². The number of hydrogen-bond acceptors (Lipinski definition) is 4. The first-order valence-electron chi connectivity index (χ1n) is 7.89. The summed E-state index contributed by atoms with van der Waals surface area (Å²) in [5.41, 5.74) is 1.50. The number of nitrogens with zero attached hydrogens (tertiary/aromatic N) is 5. The van der Waals surface area contributed by atoms with Gasteiger partial charge in [0.15, 0.2) is 0 Å². The number of pyridine rings is 1. The highest BCUT2D eigenvalue weighted by atomic mass is 16.2. The van der Waals surface area contributed by atoms with Crippen LogP contribution in [0.2, 0.25) is 0 Å². The number of fused-ring (bicyclic) bond motifs is 1. The Hall–Kier alpha value is -2.70. The summed E-state index contributed by atoms with van der Waals surface area (Å²) in [5.74, 6) is -0.0662. The van der Waals surface area contributed by atoms with Crippen LogP contribution in [0.5, 0.6) is 0 Å². The predicted molar refractivity (Wildman–Crippen MR) is 84.0 cm³/mol. The fraction of sp³-hybridized carbons (Fsp3) is 0.375. The van der Waals surface area contributed by atoms with E-state index in [1.807, 2.05) is 22.9 Å². The van der Waals surface area contributed by atoms with Crippen LogP contribution in [0, 0.1) is 0 Å². The van der Waals surface area contributed by atoms with Gasteiger partial charge in [-0.25, -0.2) is 14.2 Å². The molecule has 23 heavy (non-hydrogen) atoms. The van der Waals surface area contributed by atoms with Crippen LogP contribution in [-0.2, 0) is 0 Å². The maximum Gasteiger partial charge on any atom is 0.270 e. The molecular weight excluding hydrogens is 292 g/mol. The number of amides is 1. The molecule has 1 aliphatic carbocycles. The zero-order valence-corrected chi connectivity index (χ0v) is 12.7.